The Bertz CT molecular complexity index is 374. The lowest BCUT2D eigenvalue weighted by atomic mass is 10.0. The number of nitrogens with one attached hydrogen (secondary N) is 1. The molecule has 0 aromatic carbocycles. The van der Waals surface area contributed by atoms with Gasteiger partial charge in [0, 0.05) is 19.1 Å². The van der Waals surface area contributed by atoms with E-state index in [-0.39, 0.29) is 12.1 Å². The highest BCUT2D eigenvalue weighted by molar-refractivity contribution is 5.83. The van der Waals surface area contributed by atoms with Crippen molar-refractivity contribution in [2.45, 2.75) is 64.6 Å². The zero-order valence-electron chi connectivity index (χ0n) is 13.2. The second-order valence-corrected chi connectivity index (χ2v) is 6.84. The number of primary amides is 1. The highest BCUT2D eigenvalue weighted by atomic mass is 16.6. The summed E-state index contributed by atoms with van der Waals surface area (Å²) < 4.78 is 5.40. The van der Waals surface area contributed by atoms with Gasteiger partial charge in [0.2, 0.25) is 5.91 Å². The normalized spacial score (nSPS) is 20.1. The van der Waals surface area contributed by atoms with Crippen LogP contribution in [0.25, 0.3) is 0 Å². The van der Waals surface area contributed by atoms with Crippen LogP contribution in [0.15, 0.2) is 0 Å². The van der Waals surface area contributed by atoms with Gasteiger partial charge in [-0.05, 0) is 47.5 Å². The Morgan fingerprint density at radius 2 is 1.90 bits per heavy atom. The fourth-order valence-corrected chi connectivity index (χ4v) is 2.07. The fraction of sp³-hybridized carbons (Fsp3) is 0.857. The van der Waals surface area contributed by atoms with Gasteiger partial charge in [-0.25, -0.2) is 4.79 Å². The Labute approximate surface area is 121 Å². The van der Waals surface area contributed by atoms with E-state index < -0.39 is 17.0 Å². The SMILES string of the molecule is CC(C)(C)OC(=O)N1CCCC1CNC(C)(C)C(N)=O. The lowest BCUT2D eigenvalue weighted by Crippen LogP contribution is -2.54. The quantitative estimate of drug-likeness (QED) is 0.814. The molecule has 3 N–H and O–H groups in total. The van der Waals surface area contributed by atoms with Crippen LogP contribution >= 0.6 is 0 Å². The average molecular weight is 285 g/mol. The van der Waals surface area contributed by atoms with Crippen LogP contribution in [0.3, 0.4) is 0 Å². The Balaban J connectivity index is 2.58. The number of likely N-dealkylation sites (tertiary alicyclic amines) is 1. The van der Waals surface area contributed by atoms with Crippen LogP contribution in [0, 0.1) is 0 Å². The van der Waals surface area contributed by atoms with Crippen molar-refractivity contribution in [3.8, 4) is 0 Å². The van der Waals surface area contributed by atoms with E-state index in [1.807, 2.05) is 20.8 Å². The number of nitrogens with zero attached hydrogens (tertiary/aromatic N) is 1. The molecule has 1 fully saturated rings. The van der Waals surface area contributed by atoms with Crippen LogP contribution in [0.4, 0.5) is 4.79 Å². The molecule has 116 valence electrons. The molecule has 0 radical (unpaired) electrons. The van der Waals surface area contributed by atoms with Gasteiger partial charge in [0.25, 0.3) is 0 Å². The molecule has 1 rings (SSSR count). The van der Waals surface area contributed by atoms with Crippen LogP contribution in [-0.4, -0.2) is 47.2 Å². The summed E-state index contributed by atoms with van der Waals surface area (Å²) in [6.45, 7) is 10.3. The molecule has 6 nitrogen and oxygen atoms in total. The van der Waals surface area contributed by atoms with Gasteiger partial charge in [0.1, 0.15) is 5.60 Å². The number of carbonyl (C=O) groups is 2. The molecule has 1 heterocycles. The lowest BCUT2D eigenvalue weighted by molar-refractivity contribution is -0.123. The van der Waals surface area contributed by atoms with Crippen molar-refractivity contribution in [2.24, 2.45) is 5.73 Å². The second-order valence-electron chi connectivity index (χ2n) is 6.84. The molecule has 0 saturated carbocycles. The lowest BCUT2D eigenvalue weighted by Gasteiger charge is -2.31. The minimum Gasteiger partial charge on any atom is -0.444 e. The first kappa shape index (κ1) is 16.8. The van der Waals surface area contributed by atoms with Gasteiger partial charge < -0.3 is 20.7 Å². The standard InChI is InChI=1S/C14H27N3O3/c1-13(2,3)20-12(19)17-8-6-7-10(17)9-16-14(4,5)11(15)18/h10,16H,6-9H2,1-5H3,(H2,15,18). The van der Waals surface area contributed by atoms with Gasteiger partial charge in [-0.3, -0.25) is 4.79 Å². The largest absolute Gasteiger partial charge is 0.444 e. The van der Waals surface area contributed by atoms with Gasteiger partial charge in [0.05, 0.1) is 5.54 Å². The third kappa shape index (κ3) is 4.67. The third-order valence-electron chi connectivity index (χ3n) is 3.40. The Hall–Kier alpha value is -1.30. The van der Waals surface area contributed by atoms with Gasteiger partial charge in [-0.15, -0.1) is 0 Å². The number of nitrogens with two attached hydrogens (primary N) is 1. The zero-order chi connectivity index (χ0) is 15.6. The number of rotatable bonds is 4. The Morgan fingerprint density at radius 3 is 2.40 bits per heavy atom. The monoisotopic (exact) mass is 285 g/mol. The molecular weight excluding hydrogens is 258 g/mol. The molecule has 6 heteroatoms. The van der Waals surface area contributed by atoms with Crippen LogP contribution in [0.5, 0.6) is 0 Å². The van der Waals surface area contributed by atoms with Crippen molar-refractivity contribution in [2.75, 3.05) is 13.1 Å². The average Bonchev–Trinajstić information content (AvgIpc) is 2.72. The third-order valence-corrected chi connectivity index (χ3v) is 3.40. The van der Waals surface area contributed by atoms with E-state index in [1.165, 1.54) is 0 Å². The highest BCUT2D eigenvalue weighted by Gasteiger charge is 2.34. The summed E-state index contributed by atoms with van der Waals surface area (Å²) in [6.07, 6.45) is 1.56. The molecule has 0 aliphatic carbocycles. The first-order valence-electron chi connectivity index (χ1n) is 7.07. The summed E-state index contributed by atoms with van der Waals surface area (Å²) in [7, 11) is 0. The number of ether oxygens (including phenoxy) is 1. The van der Waals surface area contributed by atoms with Crippen molar-refractivity contribution in [1.82, 2.24) is 10.2 Å². The summed E-state index contributed by atoms with van der Waals surface area (Å²) in [5, 5.41) is 3.12. The summed E-state index contributed by atoms with van der Waals surface area (Å²) in [6, 6.07) is 0.0449. The van der Waals surface area contributed by atoms with Gasteiger partial charge in [0.15, 0.2) is 0 Å². The van der Waals surface area contributed by atoms with E-state index in [2.05, 4.69) is 5.32 Å². The molecule has 1 saturated heterocycles. The van der Waals surface area contributed by atoms with Crippen LogP contribution < -0.4 is 11.1 Å². The summed E-state index contributed by atoms with van der Waals surface area (Å²) in [4.78, 5) is 25.1. The molecule has 20 heavy (non-hydrogen) atoms. The van der Waals surface area contributed by atoms with Crippen molar-refractivity contribution < 1.29 is 14.3 Å². The molecule has 2 amide bonds. The van der Waals surface area contributed by atoms with E-state index >= 15 is 0 Å². The highest BCUT2D eigenvalue weighted by Crippen LogP contribution is 2.20. The van der Waals surface area contributed by atoms with Gasteiger partial charge in [-0.1, -0.05) is 0 Å². The first-order chi connectivity index (χ1) is 9.03. The van der Waals surface area contributed by atoms with E-state index in [4.69, 9.17) is 10.5 Å². The number of amides is 2. The van der Waals surface area contributed by atoms with Crippen molar-refractivity contribution in [3.05, 3.63) is 0 Å². The minimum atomic E-state index is -0.776. The van der Waals surface area contributed by atoms with E-state index in [0.29, 0.717) is 13.1 Å². The maximum absolute atomic E-state index is 12.1. The Morgan fingerprint density at radius 1 is 1.30 bits per heavy atom. The van der Waals surface area contributed by atoms with Crippen molar-refractivity contribution in [1.29, 1.82) is 0 Å². The van der Waals surface area contributed by atoms with Crippen molar-refractivity contribution >= 4 is 12.0 Å². The van der Waals surface area contributed by atoms with E-state index in [9.17, 15) is 9.59 Å². The molecule has 1 atom stereocenters. The maximum atomic E-state index is 12.1. The molecule has 0 aromatic heterocycles. The molecule has 0 bridgehead atoms. The first-order valence-corrected chi connectivity index (χ1v) is 7.07. The van der Waals surface area contributed by atoms with Crippen molar-refractivity contribution in [3.63, 3.8) is 0 Å². The topological polar surface area (TPSA) is 84.7 Å². The van der Waals surface area contributed by atoms with E-state index in [1.54, 1.807) is 18.7 Å². The number of carbonyl (C=O) groups excluding carboxylic acids is 2. The molecule has 0 spiro atoms. The maximum Gasteiger partial charge on any atom is 0.410 e. The minimum absolute atomic E-state index is 0.0449. The second kappa shape index (κ2) is 5.99. The predicted molar refractivity (Wildman–Crippen MR) is 77.2 cm³/mol. The molecule has 0 aromatic rings. The van der Waals surface area contributed by atoms with Crippen LogP contribution in [0.2, 0.25) is 0 Å². The molecule has 1 aliphatic heterocycles. The zero-order valence-corrected chi connectivity index (χ0v) is 13.2. The molecule has 1 aliphatic rings. The smallest absolute Gasteiger partial charge is 0.410 e. The number of hydrogen-bond acceptors (Lipinski definition) is 4. The van der Waals surface area contributed by atoms with E-state index in [0.717, 1.165) is 12.8 Å². The summed E-state index contributed by atoms with van der Waals surface area (Å²) in [5.41, 5.74) is 4.05. The summed E-state index contributed by atoms with van der Waals surface area (Å²) >= 11 is 0. The van der Waals surface area contributed by atoms with Gasteiger partial charge >= 0.3 is 6.09 Å². The molecular formula is C14H27N3O3. The molecule has 1 unspecified atom stereocenters. The predicted octanol–water partition coefficient (Wildman–Crippen LogP) is 1.24. The summed E-state index contributed by atoms with van der Waals surface area (Å²) in [5.74, 6) is -0.403. The van der Waals surface area contributed by atoms with Crippen LogP contribution in [-0.2, 0) is 9.53 Å². The Kier molecular flexibility index (Phi) is 5.02. The number of hydrogen-bond donors (Lipinski definition) is 2. The van der Waals surface area contributed by atoms with Crippen LogP contribution in [0.1, 0.15) is 47.5 Å². The van der Waals surface area contributed by atoms with Gasteiger partial charge in [-0.2, -0.15) is 0 Å². The fourth-order valence-electron chi connectivity index (χ4n) is 2.07.